The molecule has 0 aliphatic rings. The van der Waals surface area contributed by atoms with Crippen molar-refractivity contribution in [3.8, 4) is 0 Å². The fourth-order valence-corrected chi connectivity index (χ4v) is 1.45. The van der Waals surface area contributed by atoms with Gasteiger partial charge in [-0.05, 0) is 13.3 Å². The lowest BCUT2D eigenvalue weighted by atomic mass is 10.2. The van der Waals surface area contributed by atoms with Crippen LogP contribution in [-0.4, -0.2) is 45.4 Å². The van der Waals surface area contributed by atoms with Crippen molar-refractivity contribution in [2.24, 2.45) is 7.05 Å². The van der Waals surface area contributed by atoms with E-state index in [1.807, 2.05) is 6.92 Å². The van der Waals surface area contributed by atoms with Crippen molar-refractivity contribution in [3.63, 3.8) is 0 Å². The molecule has 0 bridgehead atoms. The summed E-state index contributed by atoms with van der Waals surface area (Å²) in [6.45, 7) is 3.08. The summed E-state index contributed by atoms with van der Waals surface area (Å²) < 4.78 is 1.47. The van der Waals surface area contributed by atoms with Crippen molar-refractivity contribution in [1.29, 1.82) is 0 Å². The number of aryl methyl sites for hydroxylation is 1. The van der Waals surface area contributed by atoms with Crippen molar-refractivity contribution in [3.05, 3.63) is 11.8 Å². The fourth-order valence-electron chi connectivity index (χ4n) is 1.45. The monoisotopic (exact) mass is 226 g/mol. The van der Waals surface area contributed by atoms with Gasteiger partial charge in [-0.3, -0.25) is 9.48 Å². The van der Waals surface area contributed by atoms with Gasteiger partial charge in [0.25, 0.3) is 5.91 Å². The number of rotatable bonds is 5. The van der Waals surface area contributed by atoms with Crippen LogP contribution >= 0.6 is 0 Å². The summed E-state index contributed by atoms with van der Waals surface area (Å²) in [4.78, 5) is 13.7. The number of hydrogen-bond donors (Lipinski definition) is 2. The molecule has 1 aromatic heterocycles. The Balaban J connectivity index is 2.79. The number of nitrogen functional groups attached to an aromatic ring is 1. The maximum absolute atomic E-state index is 12.0. The lowest BCUT2D eigenvalue weighted by Crippen LogP contribution is -2.32. The Hall–Kier alpha value is -1.56. The van der Waals surface area contributed by atoms with Crippen LogP contribution in [0.5, 0.6) is 0 Å². The van der Waals surface area contributed by atoms with E-state index in [-0.39, 0.29) is 12.5 Å². The molecule has 0 atom stereocenters. The SMILES string of the molecule is CCN(CCCO)C(=O)c1cnn(C)c1N. The first-order valence-corrected chi connectivity index (χ1v) is 5.29. The second kappa shape index (κ2) is 5.50. The van der Waals surface area contributed by atoms with Gasteiger partial charge in [0.2, 0.25) is 0 Å². The summed E-state index contributed by atoms with van der Waals surface area (Å²) in [5, 5.41) is 12.7. The predicted octanol–water partition coefficient (Wildman–Crippen LogP) is -0.153. The van der Waals surface area contributed by atoms with Gasteiger partial charge in [-0.15, -0.1) is 0 Å². The lowest BCUT2D eigenvalue weighted by Gasteiger charge is -2.19. The van der Waals surface area contributed by atoms with Crippen molar-refractivity contribution < 1.29 is 9.90 Å². The van der Waals surface area contributed by atoms with E-state index >= 15 is 0 Å². The first-order valence-electron chi connectivity index (χ1n) is 5.29. The third-order valence-corrected chi connectivity index (χ3v) is 2.47. The number of carbonyl (C=O) groups excluding carboxylic acids is 1. The third kappa shape index (κ3) is 2.52. The van der Waals surface area contributed by atoms with E-state index in [2.05, 4.69) is 5.10 Å². The van der Waals surface area contributed by atoms with E-state index in [4.69, 9.17) is 10.8 Å². The molecule has 16 heavy (non-hydrogen) atoms. The van der Waals surface area contributed by atoms with Gasteiger partial charge in [-0.1, -0.05) is 0 Å². The summed E-state index contributed by atoms with van der Waals surface area (Å²) in [6, 6.07) is 0. The molecule has 1 rings (SSSR count). The van der Waals surface area contributed by atoms with E-state index < -0.39 is 0 Å². The number of carbonyl (C=O) groups is 1. The molecule has 0 radical (unpaired) electrons. The fraction of sp³-hybridized carbons (Fsp3) is 0.600. The molecule has 1 heterocycles. The van der Waals surface area contributed by atoms with Crippen LogP contribution in [0.4, 0.5) is 5.82 Å². The minimum absolute atomic E-state index is 0.0757. The first-order chi connectivity index (χ1) is 7.61. The molecular weight excluding hydrogens is 208 g/mol. The van der Waals surface area contributed by atoms with Crippen molar-refractivity contribution in [2.45, 2.75) is 13.3 Å². The van der Waals surface area contributed by atoms with Gasteiger partial charge in [0, 0.05) is 26.7 Å². The smallest absolute Gasteiger partial charge is 0.259 e. The van der Waals surface area contributed by atoms with Crippen molar-refractivity contribution in [2.75, 3.05) is 25.4 Å². The number of aliphatic hydroxyl groups excluding tert-OH is 1. The molecule has 0 aliphatic carbocycles. The van der Waals surface area contributed by atoms with Crippen molar-refractivity contribution >= 4 is 11.7 Å². The van der Waals surface area contributed by atoms with E-state index in [9.17, 15) is 4.79 Å². The van der Waals surface area contributed by atoms with E-state index in [1.165, 1.54) is 10.9 Å². The number of nitrogens with zero attached hydrogens (tertiary/aromatic N) is 3. The van der Waals surface area contributed by atoms with Gasteiger partial charge in [0.05, 0.1) is 6.20 Å². The Bertz CT molecular complexity index is 362. The highest BCUT2D eigenvalue weighted by Gasteiger charge is 2.18. The lowest BCUT2D eigenvalue weighted by molar-refractivity contribution is 0.0755. The molecule has 0 fully saturated rings. The zero-order valence-electron chi connectivity index (χ0n) is 9.68. The molecular formula is C10H18N4O2. The Morgan fingerprint density at radius 2 is 2.38 bits per heavy atom. The van der Waals surface area contributed by atoms with Crippen LogP contribution in [0.1, 0.15) is 23.7 Å². The van der Waals surface area contributed by atoms with Crippen LogP contribution < -0.4 is 5.73 Å². The van der Waals surface area contributed by atoms with Gasteiger partial charge in [-0.25, -0.2) is 0 Å². The topological polar surface area (TPSA) is 84.4 Å². The molecule has 0 saturated heterocycles. The molecule has 90 valence electrons. The highest BCUT2D eigenvalue weighted by atomic mass is 16.3. The Kier molecular flexibility index (Phi) is 4.30. The second-order valence-corrected chi connectivity index (χ2v) is 3.53. The maximum atomic E-state index is 12.0. The largest absolute Gasteiger partial charge is 0.396 e. The molecule has 0 saturated carbocycles. The first kappa shape index (κ1) is 12.5. The number of aromatic nitrogens is 2. The molecule has 0 unspecified atom stereocenters. The van der Waals surface area contributed by atoms with Gasteiger partial charge < -0.3 is 15.7 Å². The van der Waals surface area contributed by atoms with E-state index in [0.717, 1.165) is 0 Å². The van der Waals surface area contributed by atoms with Crippen LogP contribution in [0.25, 0.3) is 0 Å². The molecule has 1 aromatic rings. The van der Waals surface area contributed by atoms with Gasteiger partial charge in [-0.2, -0.15) is 5.10 Å². The summed E-state index contributed by atoms with van der Waals surface area (Å²) in [5.41, 5.74) is 6.15. The van der Waals surface area contributed by atoms with Gasteiger partial charge in [0.15, 0.2) is 0 Å². The van der Waals surface area contributed by atoms with Gasteiger partial charge >= 0.3 is 0 Å². The molecule has 6 nitrogen and oxygen atoms in total. The summed E-state index contributed by atoms with van der Waals surface area (Å²) in [7, 11) is 1.69. The minimum Gasteiger partial charge on any atom is -0.396 e. The Labute approximate surface area is 94.6 Å². The van der Waals surface area contributed by atoms with Crippen LogP contribution in [0.15, 0.2) is 6.20 Å². The number of anilines is 1. The van der Waals surface area contributed by atoms with E-state index in [1.54, 1.807) is 11.9 Å². The normalized spacial score (nSPS) is 10.4. The summed E-state index contributed by atoms with van der Waals surface area (Å²) in [5.74, 6) is 0.231. The van der Waals surface area contributed by atoms with Crippen LogP contribution in [0, 0.1) is 0 Å². The Morgan fingerprint density at radius 3 is 2.81 bits per heavy atom. The number of aliphatic hydroxyl groups is 1. The number of amides is 1. The molecule has 0 spiro atoms. The average Bonchev–Trinajstić information content (AvgIpc) is 2.60. The molecule has 0 aromatic carbocycles. The van der Waals surface area contributed by atoms with Gasteiger partial charge in [0.1, 0.15) is 11.4 Å². The molecule has 3 N–H and O–H groups in total. The Morgan fingerprint density at radius 1 is 1.69 bits per heavy atom. The molecule has 0 aliphatic heterocycles. The maximum Gasteiger partial charge on any atom is 0.259 e. The second-order valence-electron chi connectivity index (χ2n) is 3.53. The highest BCUT2D eigenvalue weighted by molar-refractivity contribution is 5.98. The number of hydrogen-bond acceptors (Lipinski definition) is 4. The zero-order chi connectivity index (χ0) is 12.1. The van der Waals surface area contributed by atoms with E-state index in [0.29, 0.717) is 30.9 Å². The molecule has 6 heteroatoms. The zero-order valence-corrected chi connectivity index (χ0v) is 9.68. The quantitative estimate of drug-likeness (QED) is 0.731. The predicted molar refractivity (Wildman–Crippen MR) is 60.9 cm³/mol. The average molecular weight is 226 g/mol. The van der Waals surface area contributed by atoms with Crippen molar-refractivity contribution in [1.82, 2.24) is 14.7 Å². The van der Waals surface area contributed by atoms with Crippen LogP contribution in [0.2, 0.25) is 0 Å². The standard InChI is InChI=1S/C10H18N4O2/c1-3-14(5-4-6-15)10(16)8-7-12-13(2)9(8)11/h7,15H,3-6,11H2,1-2H3. The summed E-state index contributed by atoms with van der Waals surface area (Å²) in [6.07, 6.45) is 2.04. The third-order valence-electron chi connectivity index (χ3n) is 2.47. The highest BCUT2D eigenvalue weighted by Crippen LogP contribution is 2.12. The van der Waals surface area contributed by atoms with Crippen LogP contribution in [0.3, 0.4) is 0 Å². The minimum atomic E-state index is -0.137. The number of nitrogens with two attached hydrogens (primary N) is 1. The van der Waals surface area contributed by atoms with Crippen LogP contribution in [-0.2, 0) is 7.05 Å². The summed E-state index contributed by atoms with van der Waals surface area (Å²) >= 11 is 0. The molecule has 1 amide bonds.